The van der Waals surface area contributed by atoms with E-state index in [1.165, 1.54) is 12.3 Å². The highest BCUT2D eigenvalue weighted by molar-refractivity contribution is 7.14. The molecule has 0 bridgehead atoms. The second-order valence-corrected chi connectivity index (χ2v) is 6.88. The Kier molecular flexibility index (Phi) is 7.01. The fourth-order valence-corrected chi connectivity index (χ4v) is 3.14. The van der Waals surface area contributed by atoms with E-state index in [1.54, 1.807) is 0 Å². The van der Waals surface area contributed by atoms with Gasteiger partial charge in [-0.2, -0.15) is 5.10 Å². The van der Waals surface area contributed by atoms with Crippen molar-refractivity contribution in [2.24, 2.45) is 5.10 Å². The first-order valence-electron chi connectivity index (χ1n) is 8.90. The summed E-state index contributed by atoms with van der Waals surface area (Å²) in [5.41, 5.74) is 4.66. The number of esters is 1. The summed E-state index contributed by atoms with van der Waals surface area (Å²) in [7, 11) is 0. The summed E-state index contributed by atoms with van der Waals surface area (Å²) in [4.78, 5) is 39.1. The van der Waals surface area contributed by atoms with Gasteiger partial charge < -0.3 is 10.1 Å². The van der Waals surface area contributed by atoms with Crippen LogP contribution in [0.25, 0.3) is 0 Å². The fourth-order valence-electron chi connectivity index (χ4n) is 2.42. The lowest BCUT2D eigenvalue weighted by molar-refractivity contribution is -0.124. The number of hydrazone groups is 1. The van der Waals surface area contributed by atoms with Gasteiger partial charge in [-0.3, -0.25) is 9.59 Å². The summed E-state index contributed by atoms with van der Waals surface area (Å²) < 4.78 is 4.96. The van der Waals surface area contributed by atoms with E-state index in [1.807, 2.05) is 60.7 Å². The number of ether oxygens (including phenoxy) is 1. The largest absolute Gasteiger partial charge is 0.451 e. The normalized spacial score (nSPS) is 10.0. The van der Waals surface area contributed by atoms with Crippen molar-refractivity contribution in [2.75, 3.05) is 11.9 Å². The van der Waals surface area contributed by atoms with Gasteiger partial charge in [0.05, 0.1) is 5.71 Å². The zero-order valence-electron chi connectivity index (χ0n) is 16.0. The number of carbonyl (C=O) groups excluding carboxylic acids is 3. The second kappa shape index (κ2) is 10.1. The predicted octanol–water partition coefficient (Wildman–Crippen LogP) is 2.83. The number of thiazole rings is 1. The highest BCUT2D eigenvalue weighted by Gasteiger charge is 2.15. The molecular formula is C21H18N4O4S. The molecule has 1 heterocycles. The van der Waals surface area contributed by atoms with Crippen LogP contribution in [0, 0.1) is 0 Å². The van der Waals surface area contributed by atoms with Gasteiger partial charge >= 0.3 is 5.97 Å². The molecule has 3 rings (SSSR count). The van der Waals surface area contributed by atoms with Crippen LogP contribution >= 0.6 is 11.3 Å². The molecular weight excluding hydrogens is 404 g/mol. The topological polar surface area (TPSA) is 110 Å². The van der Waals surface area contributed by atoms with E-state index in [-0.39, 0.29) is 16.7 Å². The van der Waals surface area contributed by atoms with Crippen LogP contribution in [0.2, 0.25) is 0 Å². The number of benzene rings is 2. The van der Waals surface area contributed by atoms with E-state index in [0.29, 0.717) is 5.71 Å². The van der Waals surface area contributed by atoms with Crippen LogP contribution in [0.1, 0.15) is 28.5 Å². The van der Waals surface area contributed by atoms with Gasteiger partial charge in [-0.1, -0.05) is 60.7 Å². The Morgan fingerprint density at radius 1 is 1.00 bits per heavy atom. The predicted molar refractivity (Wildman–Crippen MR) is 113 cm³/mol. The molecule has 0 fully saturated rings. The van der Waals surface area contributed by atoms with E-state index < -0.39 is 18.5 Å². The van der Waals surface area contributed by atoms with Gasteiger partial charge in [0.25, 0.3) is 5.91 Å². The third-order valence-corrected chi connectivity index (χ3v) is 4.48. The lowest BCUT2D eigenvalue weighted by Crippen LogP contribution is -2.26. The van der Waals surface area contributed by atoms with Crippen LogP contribution in [-0.2, 0) is 14.3 Å². The van der Waals surface area contributed by atoms with Crippen molar-refractivity contribution in [3.05, 3.63) is 82.9 Å². The molecule has 152 valence electrons. The lowest BCUT2D eigenvalue weighted by atomic mass is 10.0. The van der Waals surface area contributed by atoms with Crippen molar-refractivity contribution >= 4 is 40.0 Å². The first-order chi connectivity index (χ1) is 14.5. The number of amides is 2. The highest BCUT2D eigenvalue weighted by Crippen LogP contribution is 2.16. The van der Waals surface area contributed by atoms with E-state index in [9.17, 15) is 14.4 Å². The van der Waals surface area contributed by atoms with Crippen LogP contribution in [0.3, 0.4) is 0 Å². The second-order valence-electron chi connectivity index (χ2n) is 6.02. The van der Waals surface area contributed by atoms with Crippen molar-refractivity contribution in [1.29, 1.82) is 0 Å². The minimum absolute atomic E-state index is 0.00862. The summed E-state index contributed by atoms with van der Waals surface area (Å²) in [6.07, 6.45) is 0. The summed E-state index contributed by atoms with van der Waals surface area (Å²) in [6.45, 7) is 0.815. The first-order valence-corrected chi connectivity index (χ1v) is 9.78. The molecule has 2 amide bonds. The van der Waals surface area contributed by atoms with Gasteiger partial charge in [-0.15, -0.1) is 11.3 Å². The van der Waals surface area contributed by atoms with Crippen LogP contribution in [0.5, 0.6) is 0 Å². The Labute approximate surface area is 176 Å². The molecule has 3 aromatic rings. The molecule has 0 saturated heterocycles. The van der Waals surface area contributed by atoms with Gasteiger partial charge in [0, 0.05) is 23.4 Å². The number of nitrogens with one attached hydrogen (secondary N) is 2. The summed E-state index contributed by atoms with van der Waals surface area (Å²) in [5.74, 6) is -1.66. The molecule has 0 atom stereocenters. The minimum atomic E-state index is -0.770. The average molecular weight is 422 g/mol. The molecule has 0 radical (unpaired) electrons. The number of rotatable bonds is 7. The number of hydrogen-bond donors (Lipinski definition) is 2. The number of carbonyl (C=O) groups is 3. The van der Waals surface area contributed by atoms with Crippen molar-refractivity contribution in [1.82, 2.24) is 10.4 Å². The van der Waals surface area contributed by atoms with E-state index in [2.05, 4.69) is 20.8 Å². The molecule has 2 N–H and O–H groups in total. The zero-order chi connectivity index (χ0) is 21.3. The van der Waals surface area contributed by atoms with Gasteiger partial charge in [0.2, 0.25) is 5.91 Å². The van der Waals surface area contributed by atoms with Gasteiger partial charge in [-0.25, -0.2) is 15.2 Å². The van der Waals surface area contributed by atoms with Crippen molar-refractivity contribution in [3.8, 4) is 0 Å². The molecule has 1 aromatic heterocycles. The van der Waals surface area contributed by atoms with E-state index in [4.69, 9.17) is 4.74 Å². The molecule has 2 aromatic carbocycles. The molecule has 0 unspecified atom stereocenters. The average Bonchev–Trinajstić information content (AvgIpc) is 3.21. The number of hydrogen-bond acceptors (Lipinski definition) is 7. The van der Waals surface area contributed by atoms with E-state index in [0.717, 1.165) is 22.5 Å². The highest BCUT2D eigenvalue weighted by atomic mass is 32.1. The molecule has 0 spiro atoms. The molecule has 0 saturated carbocycles. The van der Waals surface area contributed by atoms with Crippen LogP contribution in [0.4, 0.5) is 5.13 Å². The Morgan fingerprint density at radius 3 is 2.17 bits per heavy atom. The monoisotopic (exact) mass is 422 g/mol. The molecule has 8 nitrogen and oxygen atoms in total. The Morgan fingerprint density at radius 2 is 1.60 bits per heavy atom. The third kappa shape index (κ3) is 5.82. The maximum atomic E-state index is 12.1. The van der Waals surface area contributed by atoms with Gasteiger partial charge in [0.15, 0.2) is 17.4 Å². The van der Waals surface area contributed by atoms with Crippen LogP contribution in [-0.4, -0.2) is 35.1 Å². The Bertz CT molecular complexity index is 1020. The number of aromatic nitrogens is 1. The molecule has 9 heteroatoms. The lowest BCUT2D eigenvalue weighted by Gasteiger charge is -2.08. The Balaban J connectivity index is 1.62. The van der Waals surface area contributed by atoms with Gasteiger partial charge in [0.1, 0.15) is 0 Å². The maximum absolute atomic E-state index is 12.1. The summed E-state index contributed by atoms with van der Waals surface area (Å²) >= 11 is 1.08. The molecule has 30 heavy (non-hydrogen) atoms. The quantitative estimate of drug-likeness (QED) is 0.346. The summed E-state index contributed by atoms with van der Waals surface area (Å²) in [5, 5.41) is 8.40. The number of anilines is 1. The molecule has 0 aliphatic heterocycles. The van der Waals surface area contributed by atoms with Crippen molar-refractivity contribution in [3.63, 3.8) is 0 Å². The molecule has 0 aliphatic carbocycles. The van der Waals surface area contributed by atoms with Crippen LogP contribution < -0.4 is 10.7 Å². The minimum Gasteiger partial charge on any atom is -0.451 e. The number of nitrogens with zero attached hydrogens (tertiary/aromatic N) is 2. The third-order valence-electron chi connectivity index (χ3n) is 3.72. The summed E-state index contributed by atoms with van der Waals surface area (Å²) in [6, 6.07) is 18.8. The van der Waals surface area contributed by atoms with Crippen molar-refractivity contribution < 1.29 is 19.1 Å². The molecule has 0 aliphatic rings. The smallest absolute Gasteiger partial charge is 0.358 e. The SMILES string of the molecule is CC(=O)Nc1nc(C(=O)OCC(=O)NN=C(c2ccccc2)c2ccccc2)cs1. The van der Waals surface area contributed by atoms with E-state index >= 15 is 0 Å². The standard InChI is InChI=1S/C21H18N4O4S/c1-14(26)22-21-23-17(13-30-21)20(28)29-12-18(27)24-25-19(15-8-4-2-5-9-15)16-10-6-3-7-11-16/h2-11,13H,12H2,1H3,(H,24,27)(H,22,23,26). The van der Waals surface area contributed by atoms with Gasteiger partial charge in [-0.05, 0) is 0 Å². The zero-order valence-corrected chi connectivity index (χ0v) is 16.8. The fraction of sp³-hybridized carbons (Fsp3) is 0.0952. The van der Waals surface area contributed by atoms with Crippen molar-refractivity contribution in [2.45, 2.75) is 6.92 Å². The van der Waals surface area contributed by atoms with Crippen LogP contribution in [0.15, 0.2) is 71.1 Å². The first kappa shape index (κ1) is 20.9. The Hall–Kier alpha value is -3.85. The maximum Gasteiger partial charge on any atom is 0.358 e.